The van der Waals surface area contributed by atoms with Crippen molar-refractivity contribution in [2.45, 2.75) is 11.5 Å². The molecule has 0 fully saturated rings. The van der Waals surface area contributed by atoms with E-state index in [1.807, 2.05) is 11.8 Å². The zero-order valence-corrected chi connectivity index (χ0v) is 10.7. The second-order valence-electron chi connectivity index (χ2n) is 3.07. The number of hydrogen-bond donors (Lipinski definition) is 2. The predicted octanol–water partition coefficient (Wildman–Crippen LogP) is 2.94. The van der Waals surface area contributed by atoms with E-state index in [0.29, 0.717) is 5.17 Å². The highest BCUT2D eigenvalue weighted by Crippen LogP contribution is 2.19. The van der Waals surface area contributed by atoms with Crippen LogP contribution in [0.4, 0.5) is 0 Å². The van der Waals surface area contributed by atoms with Crippen molar-refractivity contribution < 1.29 is 0 Å². The molecule has 0 aliphatic rings. The molecule has 0 aromatic heterocycles. The fourth-order valence-corrected chi connectivity index (χ4v) is 2.54. The predicted molar refractivity (Wildman–Crippen MR) is 71.7 cm³/mol. The molecule has 0 unspecified atom stereocenters. The largest absolute Gasteiger partial charge is 0.368 e. The number of rotatable bonds is 4. The topological polar surface area (TPSA) is 35.9 Å². The molecule has 0 radical (unpaired) electrons. The maximum Gasteiger partial charge on any atom is 0.153 e. The number of hydrogen-bond acceptors (Lipinski definition) is 3. The van der Waals surface area contributed by atoms with Gasteiger partial charge in [0.2, 0.25) is 0 Å². The lowest BCUT2D eigenvalue weighted by Crippen LogP contribution is -2.12. The summed E-state index contributed by atoms with van der Waals surface area (Å²) in [6.07, 6.45) is 2.11. The van der Waals surface area contributed by atoms with Crippen LogP contribution in [0.1, 0.15) is 11.1 Å². The van der Waals surface area contributed by atoms with Crippen LogP contribution in [0.5, 0.6) is 0 Å². The normalized spacial score (nSPS) is 10.0. The zero-order chi connectivity index (χ0) is 11.1. The lowest BCUT2D eigenvalue weighted by molar-refractivity contribution is 1.18. The summed E-state index contributed by atoms with van der Waals surface area (Å²) in [5.41, 5.74) is 2.71. The van der Waals surface area contributed by atoms with Gasteiger partial charge in [-0.1, -0.05) is 36.0 Å². The summed E-state index contributed by atoms with van der Waals surface area (Å²) in [6, 6.07) is 8.43. The molecule has 0 aliphatic carbocycles. The van der Waals surface area contributed by atoms with Crippen molar-refractivity contribution in [3.8, 4) is 0 Å². The van der Waals surface area contributed by atoms with E-state index in [1.54, 1.807) is 7.05 Å². The van der Waals surface area contributed by atoms with Gasteiger partial charge in [0, 0.05) is 18.6 Å². The van der Waals surface area contributed by atoms with Crippen LogP contribution in [0.15, 0.2) is 24.3 Å². The van der Waals surface area contributed by atoms with E-state index in [0.717, 1.165) is 11.5 Å². The Hall–Kier alpha value is -0.610. The van der Waals surface area contributed by atoms with Gasteiger partial charge in [-0.25, -0.2) is 0 Å². The summed E-state index contributed by atoms with van der Waals surface area (Å²) in [7, 11) is 1.78. The van der Waals surface area contributed by atoms with E-state index in [4.69, 9.17) is 5.41 Å². The first kappa shape index (κ1) is 12.5. The summed E-state index contributed by atoms with van der Waals surface area (Å²) < 4.78 is 0. The minimum atomic E-state index is 0.522. The molecule has 2 N–H and O–H groups in total. The summed E-state index contributed by atoms with van der Waals surface area (Å²) in [5.74, 6) is 1.92. The number of amidine groups is 1. The van der Waals surface area contributed by atoms with Crippen molar-refractivity contribution in [3.05, 3.63) is 35.4 Å². The third-order valence-electron chi connectivity index (χ3n) is 2.02. The van der Waals surface area contributed by atoms with Crippen molar-refractivity contribution in [2.75, 3.05) is 13.3 Å². The summed E-state index contributed by atoms with van der Waals surface area (Å²) in [4.78, 5) is 0. The fourth-order valence-electron chi connectivity index (χ4n) is 1.22. The Morgan fingerprint density at radius 1 is 1.27 bits per heavy atom. The SMILES string of the molecule is CNC(=N)SCc1ccccc1CSC. The summed E-state index contributed by atoms with van der Waals surface area (Å²) >= 11 is 3.36. The van der Waals surface area contributed by atoms with Gasteiger partial charge in [0.15, 0.2) is 5.17 Å². The monoisotopic (exact) mass is 240 g/mol. The van der Waals surface area contributed by atoms with Gasteiger partial charge >= 0.3 is 0 Å². The molecular formula is C11H16N2S2. The molecule has 0 amide bonds. The average Bonchev–Trinajstić information content (AvgIpc) is 2.28. The minimum absolute atomic E-state index is 0.522. The molecule has 15 heavy (non-hydrogen) atoms. The molecule has 0 saturated heterocycles. The molecule has 0 spiro atoms. The van der Waals surface area contributed by atoms with Crippen molar-refractivity contribution in [1.29, 1.82) is 5.41 Å². The van der Waals surface area contributed by atoms with Crippen molar-refractivity contribution >= 4 is 28.7 Å². The van der Waals surface area contributed by atoms with E-state index in [-0.39, 0.29) is 0 Å². The standard InChI is InChI=1S/C11H16N2S2/c1-13-11(12)15-8-10-6-4-3-5-9(10)7-14-2/h3-6H,7-8H2,1-2H3,(H2,12,13). The Bertz CT molecular complexity index is 326. The summed E-state index contributed by atoms with van der Waals surface area (Å²) in [6.45, 7) is 0. The third-order valence-corrected chi connectivity index (χ3v) is 3.57. The number of nitrogens with one attached hydrogen (secondary N) is 2. The third kappa shape index (κ3) is 4.18. The fraction of sp³-hybridized carbons (Fsp3) is 0.364. The lowest BCUT2D eigenvalue weighted by Gasteiger charge is -2.08. The van der Waals surface area contributed by atoms with Crippen LogP contribution in [0.3, 0.4) is 0 Å². The first-order valence-corrected chi connectivity index (χ1v) is 7.10. The van der Waals surface area contributed by atoms with Crippen LogP contribution in [0.25, 0.3) is 0 Å². The molecule has 1 rings (SSSR count). The van der Waals surface area contributed by atoms with Crippen molar-refractivity contribution in [3.63, 3.8) is 0 Å². The molecule has 1 aromatic rings. The van der Waals surface area contributed by atoms with Crippen LogP contribution < -0.4 is 5.32 Å². The van der Waals surface area contributed by atoms with Crippen LogP contribution >= 0.6 is 23.5 Å². The summed E-state index contributed by atoms with van der Waals surface area (Å²) in [5, 5.41) is 10.9. The first-order valence-electron chi connectivity index (χ1n) is 4.72. The second-order valence-corrected chi connectivity index (χ2v) is 4.92. The molecule has 82 valence electrons. The maximum atomic E-state index is 7.51. The zero-order valence-electron chi connectivity index (χ0n) is 9.04. The van der Waals surface area contributed by atoms with Crippen LogP contribution in [-0.4, -0.2) is 18.5 Å². The Balaban J connectivity index is 2.62. The molecule has 1 aromatic carbocycles. The van der Waals surface area contributed by atoms with Crippen molar-refractivity contribution in [2.24, 2.45) is 0 Å². The van der Waals surface area contributed by atoms with E-state index >= 15 is 0 Å². The maximum absolute atomic E-state index is 7.51. The van der Waals surface area contributed by atoms with Crippen molar-refractivity contribution in [1.82, 2.24) is 5.32 Å². The second kappa shape index (κ2) is 6.80. The number of thioether (sulfide) groups is 2. The van der Waals surface area contributed by atoms with E-state index < -0.39 is 0 Å². The van der Waals surface area contributed by atoms with Gasteiger partial charge in [-0.05, 0) is 17.4 Å². The highest BCUT2D eigenvalue weighted by Gasteiger charge is 2.02. The Morgan fingerprint density at radius 3 is 2.40 bits per heavy atom. The Morgan fingerprint density at radius 2 is 1.87 bits per heavy atom. The highest BCUT2D eigenvalue weighted by molar-refractivity contribution is 8.13. The Labute approximate surface area is 99.7 Å². The van der Waals surface area contributed by atoms with Gasteiger partial charge in [-0.2, -0.15) is 11.8 Å². The van der Waals surface area contributed by atoms with Crippen LogP contribution in [0.2, 0.25) is 0 Å². The average molecular weight is 240 g/mol. The molecule has 0 aliphatic heterocycles. The van der Waals surface area contributed by atoms with Gasteiger partial charge in [-0.3, -0.25) is 5.41 Å². The van der Waals surface area contributed by atoms with Gasteiger partial charge in [0.1, 0.15) is 0 Å². The van der Waals surface area contributed by atoms with Crippen LogP contribution in [0, 0.1) is 5.41 Å². The van der Waals surface area contributed by atoms with E-state index in [9.17, 15) is 0 Å². The van der Waals surface area contributed by atoms with Gasteiger partial charge < -0.3 is 5.32 Å². The first-order chi connectivity index (χ1) is 7.27. The lowest BCUT2D eigenvalue weighted by atomic mass is 10.1. The number of benzene rings is 1. The Kier molecular flexibility index (Phi) is 5.65. The molecule has 0 atom stereocenters. The smallest absolute Gasteiger partial charge is 0.153 e. The molecule has 0 bridgehead atoms. The van der Waals surface area contributed by atoms with Gasteiger partial charge in [0.05, 0.1) is 0 Å². The molecule has 4 heteroatoms. The molecule has 0 heterocycles. The molecular weight excluding hydrogens is 224 g/mol. The van der Waals surface area contributed by atoms with Crippen LogP contribution in [-0.2, 0) is 11.5 Å². The van der Waals surface area contributed by atoms with Gasteiger partial charge in [0.25, 0.3) is 0 Å². The quantitative estimate of drug-likeness (QED) is 0.627. The van der Waals surface area contributed by atoms with E-state index in [1.165, 1.54) is 22.9 Å². The molecule has 0 saturated carbocycles. The van der Waals surface area contributed by atoms with Gasteiger partial charge in [-0.15, -0.1) is 0 Å². The highest BCUT2D eigenvalue weighted by atomic mass is 32.2. The van der Waals surface area contributed by atoms with E-state index in [2.05, 4.69) is 35.8 Å². The molecule has 2 nitrogen and oxygen atoms in total. The minimum Gasteiger partial charge on any atom is -0.368 e.